The van der Waals surface area contributed by atoms with Crippen LogP contribution in [0.2, 0.25) is 0 Å². The fourth-order valence-corrected chi connectivity index (χ4v) is 2.12. The van der Waals surface area contributed by atoms with Gasteiger partial charge in [-0.3, -0.25) is 0 Å². The molecule has 1 aromatic carbocycles. The quantitative estimate of drug-likeness (QED) is 0.787. The van der Waals surface area contributed by atoms with Gasteiger partial charge in [-0.05, 0) is 43.5 Å². The molecule has 0 radical (unpaired) electrons. The Labute approximate surface area is 115 Å². The average molecular weight is 311 g/mol. The highest BCUT2D eigenvalue weighted by Gasteiger charge is 2.29. The summed E-state index contributed by atoms with van der Waals surface area (Å²) in [7, 11) is -3.43. The summed E-state index contributed by atoms with van der Waals surface area (Å²) in [6, 6.07) is 4.42. The summed E-state index contributed by atoms with van der Waals surface area (Å²) >= 11 is 0. The first-order valence-electron chi connectivity index (χ1n) is 5.99. The van der Waals surface area contributed by atoms with Crippen LogP contribution < -0.4 is 9.88 Å². The molecule has 0 aromatic heterocycles. The van der Waals surface area contributed by atoms with E-state index in [9.17, 15) is 21.6 Å². The molecular weight excluding hydrogens is 295 g/mol. The molecule has 1 rings (SSSR count). The third kappa shape index (κ3) is 6.76. The molecule has 0 aliphatic heterocycles. The van der Waals surface area contributed by atoms with Gasteiger partial charge >= 0.3 is 6.18 Å². The van der Waals surface area contributed by atoms with Crippen molar-refractivity contribution in [3.63, 3.8) is 0 Å². The van der Waals surface area contributed by atoms with Crippen molar-refractivity contribution in [2.45, 2.75) is 25.4 Å². The minimum Gasteiger partial charge on any atom is -0.494 e. The number of rotatable bonds is 7. The molecule has 0 fully saturated rings. The molecule has 0 aliphatic rings. The SMILES string of the molecule is NS(=O)(=O)CCCCCOc1ccc(C(F)(F)F)cc1. The zero-order valence-electron chi connectivity index (χ0n) is 10.7. The predicted octanol–water partition coefficient (Wildman–Crippen LogP) is 2.54. The van der Waals surface area contributed by atoms with Gasteiger partial charge in [-0.25, -0.2) is 13.6 Å². The minimum atomic E-state index is -4.35. The van der Waals surface area contributed by atoms with Crippen LogP contribution in [0, 0.1) is 0 Å². The maximum Gasteiger partial charge on any atom is 0.416 e. The van der Waals surface area contributed by atoms with Gasteiger partial charge in [0.05, 0.1) is 17.9 Å². The van der Waals surface area contributed by atoms with Crippen LogP contribution in [0.15, 0.2) is 24.3 Å². The van der Waals surface area contributed by atoms with E-state index in [-0.39, 0.29) is 5.75 Å². The zero-order chi connectivity index (χ0) is 15.2. The molecule has 0 atom stereocenters. The smallest absolute Gasteiger partial charge is 0.416 e. The summed E-state index contributed by atoms with van der Waals surface area (Å²) in [5.41, 5.74) is -0.724. The molecule has 4 nitrogen and oxygen atoms in total. The lowest BCUT2D eigenvalue weighted by Crippen LogP contribution is -2.16. The van der Waals surface area contributed by atoms with E-state index >= 15 is 0 Å². The fourth-order valence-electron chi connectivity index (χ4n) is 1.51. The summed E-state index contributed by atoms with van der Waals surface area (Å²) in [6.45, 7) is 0.315. The second kappa shape index (κ2) is 6.94. The van der Waals surface area contributed by atoms with E-state index in [1.54, 1.807) is 0 Å². The molecule has 0 saturated heterocycles. The van der Waals surface area contributed by atoms with Crippen molar-refractivity contribution in [2.24, 2.45) is 5.14 Å². The Kier molecular flexibility index (Phi) is 5.82. The third-order valence-corrected chi connectivity index (χ3v) is 3.38. The molecule has 2 N–H and O–H groups in total. The van der Waals surface area contributed by atoms with Gasteiger partial charge in [-0.2, -0.15) is 13.2 Å². The Bertz CT molecular complexity index is 512. The second-order valence-corrected chi connectivity index (χ2v) is 6.03. The highest BCUT2D eigenvalue weighted by atomic mass is 32.2. The van der Waals surface area contributed by atoms with Gasteiger partial charge in [0, 0.05) is 0 Å². The zero-order valence-corrected chi connectivity index (χ0v) is 11.5. The van der Waals surface area contributed by atoms with Crippen LogP contribution in [-0.2, 0) is 16.2 Å². The van der Waals surface area contributed by atoms with E-state index in [1.165, 1.54) is 12.1 Å². The molecule has 0 bridgehead atoms. The fraction of sp³-hybridized carbons (Fsp3) is 0.500. The lowest BCUT2D eigenvalue weighted by molar-refractivity contribution is -0.137. The second-order valence-electron chi connectivity index (χ2n) is 4.30. The lowest BCUT2D eigenvalue weighted by Gasteiger charge is -2.09. The van der Waals surface area contributed by atoms with E-state index in [1.807, 2.05) is 0 Å². The predicted molar refractivity (Wildman–Crippen MR) is 68.8 cm³/mol. The van der Waals surface area contributed by atoms with Crippen molar-refractivity contribution >= 4 is 10.0 Å². The van der Waals surface area contributed by atoms with Gasteiger partial charge in [0.2, 0.25) is 10.0 Å². The Balaban J connectivity index is 2.26. The number of alkyl halides is 3. The number of halogens is 3. The Morgan fingerprint density at radius 3 is 2.15 bits per heavy atom. The standard InChI is InChI=1S/C12H16F3NO3S/c13-12(14,15)10-4-6-11(7-5-10)19-8-2-1-3-9-20(16,17)18/h4-7H,1-3,8-9H2,(H2,16,17,18). The van der Waals surface area contributed by atoms with Gasteiger partial charge in [-0.15, -0.1) is 0 Å². The van der Waals surface area contributed by atoms with E-state index in [2.05, 4.69) is 0 Å². The van der Waals surface area contributed by atoms with E-state index in [0.29, 0.717) is 31.6 Å². The van der Waals surface area contributed by atoms with Crippen LogP contribution >= 0.6 is 0 Å². The Morgan fingerprint density at radius 1 is 1.05 bits per heavy atom. The maximum absolute atomic E-state index is 12.3. The van der Waals surface area contributed by atoms with Crippen LogP contribution in [0.5, 0.6) is 5.75 Å². The normalized spacial score (nSPS) is 12.4. The van der Waals surface area contributed by atoms with Crippen LogP contribution in [-0.4, -0.2) is 20.8 Å². The number of benzene rings is 1. The van der Waals surface area contributed by atoms with Crippen LogP contribution in [0.25, 0.3) is 0 Å². The van der Waals surface area contributed by atoms with Crippen molar-refractivity contribution in [2.75, 3.05) is 12.4 Å². The number of unbranched alkanes of at least 4 members (excludes halogenated alkanes) is 2. The molecule has 0 spiro atoms. The first-order valence-corrected chi connectivity index (χ1v) is 7.70. The maximum atomic E-state index is 12.3. The van der Waals surface area contributed by atoms with Crippen molar-refractivity contribution in [3.05, 3.63) is 29.8 Å². The third-order valence-electron chi connectivity index (χ3n) is 2.52. The molecule has 0 heterocycles. The van der Waals surface area contributed by atoms with Crippen molar-refractivity contribution < 1.29 is 26.3 Å². The Morgan fingerprint density at radius 2 is 1.65 bits per heavy atom. The van der Waals surface area contributed by atoms with Crippen LogP contribution in [0.3, 0.4) is 0 Å². The van der Waals surface area contributed by atoms with Gasteiger partial charge in [0.25, 0.3) is 0 Å². The summed E-state index contributed by atoms with van der Waals surface area (Å²) in [5, 5.41) is 4.84. The summed E-state index contributed by atoms with van der Waals surface area (Å²) < 4.78 is 63.5. The largest absolute Gasteiger partial charge is 0.494 e. The number of primary sulfonamides is 1. The topological polar surface area (TPSA) is 69.4 Å². The van der Waals surface area contributed by atoms with E-state index in [4.69, 9.17) is 9.88 Å². The van der Waals surface area contributed by atoms with Crippen LogP contribution in [0.1, 0.15) is 24.8 Å². The summed E-state index contributed by atoms with van der Waals surface area (Å²) in [5.74, 6) is 0.275. The van der Waals surface area contributed by atoms with Gasteiger partial charge in [0.1, 0.15) is 5.75 Å². The van der Waals surface area contributed by atoms with Crippen LogP contribution in [0.4, 0.5) is 13.2 Å². The molecule has 20 heavy (non-hydrogen) atoms. The van der Waals surface area contributed by atoms with Crippen molar-refractivity contribution in [3.8, 4) is 5.75 Å². The summed E-state index contributed by atoms with van der Waals surface area (Å²) in [4.78, 5) is 0. The molecule has 8 heteroatoms. The minimum absolute atomic E-state index is 0.0761. The van der Waals surface area contributed by atoms with Gasteiger partial charge in [0.15, 0.2) is 0 Å². The molecule has 114 valence electrons. The lowest BCUT2D eigenvalue weighted by atomic mass is 10.2. The molecule has 1 aromatic rings. The Hall–Kier alpha value is -1.28. The van der Waals surface area contributed by atoms with Crippen molar-refractivity contribution in [1.29, 1.82) is 0 Å². The molecule has 0 amide bonds. The van der Waals surface area contributed by atoms with Gasteiger partial charge in [-0.1, -0.05) is 0 Å². The van der Waals surface area contributed by atoms with E-state index < -0.39 is 21.8 Å². The van der Waals surface area contributed by atoms with E-state index in [0.717, 1.165) is 12.1 Å². The first-order chi connectivity index (χ1) is 9.18. The number of ether oxygens (including phenoxy) is 1. The monoisotopic (exact) mass is 311 g/mol. The average Bonchev–Trinajstić information content (AvgIpc) is 2.32. The number of hydrogen-bond donors (Lipinski definition) is 1. The van der Waals surface area contributed by atoms with Gasteiger partial charge < -0.3 is 4.74 Å². The number of nitrogens with two attached hydrogens (primary N) is 1. The molecule has 0 aliphatic carbocycles. The highest BCUT2D eigenvalue weighted by Crippen LogP contribution is 2.30. The number of sulfonamides is 1. The molecule has 0 unspecified atom stereocenters. The first kappa shape index (κ1) is 16.8. The number of hydrogen-bond acceptors (Lipinski definition) is 3. The molecular formula is C12H16F3NO3S. The molecule has 0 saturated carbocycles. The van der Waals surface area contributed by atoms with Crippen molar-refractivity contribution in [1.82, 2.24) is 0 Å². The highest BCUT2D eigenvalue weighted by molar-refractivity contribution is 7.89. The summed E-state index contributed by atoms with van der Waals surface area (Å²) in [6.07, 6.45) is -2.69.